The number of aromatic nitrogens is 1. The number of amides is 1. The van der Waals surface area contributed by atoms with E-state index in [1.807, 2.05) is 23.3 Å². The van der Waals surface area contributed by atoms with Crippen LogP contribution in [-0.2, 0) is 15.1 Å². The van der Waals surface area contributed by atoms with Crippen LogP contribution in [0, 0.1) is 6.92 Å². The average molecular weight is 419 g/mol. The van der Waals surface area contributed by atoms with Crippen molar-refractivity contribution < 1.29 is 24.1 Å². The van der Waals surface area contributed by atoms with E-state index >= 15 is 0 Å². The molecule has 2 aliphatic rings. The first-order valence-corrected chi connectivity index (χ1v) is 10.6. The van der Waals surface area contributed by atoms with Crippen LogP contribution in [0.2, 0.25) is 0 Å². The molecular formula is C21H26N2O5S. The highest BCUT2D eigenvalue weighted by Gasteiger charge is 2.52. The zero-order chi connectivity index (χ0) is 20.6. The number of aliphatic hydroxyl groups is 1. The molecule has 2 fully saturated rings. The number of rotatable bonds is 5. The number of hydrogen-bond acceptors (Lipinski definition) is 7. The van der Waals surface area contributed by atoms with Gasteiger partial charge in [0, 0.05) is 30.1 Å². The van der Waals surface area contributed by atoms with Crippen molar-refractivity contribution in [3.8, 4) is 5.75 Å². The van der Waals surface area contributed by atoms with Crippen molar-refractivity contribution in [2.45, 2.75) is 44.5 Å². The van der Waals surface area contributed by atoms with Gasteiger partial charge in [-0.15, -0.1) is 11.3 Å². The van der Waals surface area contributed by atoms with E-state index in [1.54, 1.807) is 43.5 Å². The van der Waals surface area contributed by atoms with E-state index in [1.165, 1.54) is 0 Å². The van der Waals surface area contributed by atoms with Gasteiger partial charge in [0.2, 0.25) is 0 Å². The smallest absolute Gasteiger partial charge is 0.253 e. The number of likely N-dealkylation sites (tertiary alicyclic amines) is 1. The third-order valence-corrected chi connectivity index (χ3v) is 6.26. The quantitative estimate of drug-likeness (QED) is 0.804. The Morgan fingerprint density at radius 1 is 1.48 bits per heavy atom. The summed E-state index contributed by atoms with van der Waals surface area (Å²) in [6, 6.07) is 5.38. The van der Waals surface area contributed by atoms with Gasteiger partial charge in [-0.1, -0.05) is 0 Å². The molecule has 3 heterocycles. The number of ether oxygens (including phenoxy) is 3. The molecule has 0 saturated carbocycles. The normalized spacial score (nSPS) is 24.4. The molecule has 1 aromatic heterocycles. The molecule has 1 aromatic carbocycles. The molecule has 1 N–H and O–H groups in total. The number of piperidine rings is 1. The minimum absolute atomic E-state index is 0.0367. The first-order valence-electron chi connectivity index (χ1n) is 9.69. The number of hydrogen-bond donors (Lipinski definition) is 1. The maximum atomic E-state index is 13.1. The summed E-state index contributed by atoms with van der Waals surface area (Å²) in [5.74, 6) is 0.628. The Morgan fingerprint density at radius 2 is 2.31 bits per heavy atom. The molecule has 0 radical (unpaired) electrons. The first-order chi connectivity index (χ1) is 13.8. The van der Waals surface area contributed by atoms with E-state index in [4.69, 9.17) is 14.2 Å². The molecule has 8 heteroatoms. The van der Waals surface area contributed by atoms with Crippen LogP contribution in [0.25, 0.3) is 0 Å². The highest BCUT2D eigenvalue weighted by atomic mass is 32.1. The fourth-order valence-corrected chi connectivity index (χ4v) is 4.64. The predicted octanol–water partition coefficient (Wildman–Crippen LogP) is 2.72. The van der Waals surface area contributed by atoms with Gasteiger partial charge in [-0.3, -0.25) is 4.79 Å². The molecule has 7 nitrogen and oxygen atoms in total. The van der Waals surface area contributed by atoms with Gasteiger partial charge in [0.15, 0.2) is 5.60 Å². The Balaban J connectivity index is 1.46. The van der Waals surface area contributed by atoms with Crippen molar-refractivity contribution in [1.29, 1.82) is 0 Å². The number of thiazole rings is 1. The number of carbonyl (C=O) groups is 1. The van der Waals surface area contributed by atoms with Gasteiger partial charge in [-0.05, 0) is 44.5 Å². The van der Waals surface area contributed by atoms with Crippen molar-refractivity contribution in [2.75, 3.05) is 26.5 Å². The fraction of sp³-hybridized carbons (Fsp3) is 0.524. The maximum Gasteiger partial charge on any atom is 0.253 e. The van der Waals surface area contributed by atoms with Gasteiger partial charge in [-0.2, -0.15) is 0 Å². The van der Waals surface area contributed by atoms with Crippen molar-refractivity contribution in [3.63, 3.8) is 0 Å². The van der Waals surface area contributed by atoms with E-state index < -0.39 is 11.2 Å². The first kappa shape index (κ1) is 20.3. The van der Waals surface area contributed by atoms with E-state index in [-0.39, 0.29) is 25.4 Å². The minimum Gasteiger partial charge on any atom is -0.490 e. The summed E-state index contributed by atoms with van der Waals surface area (Å²) in [4.78, 5) is 19.3. The summed E-state index contributed by atoms with van der Waals surface area (Å²) in [7, 11) is 0. The molecule has 2 atom stereocenters. The summed E-state index contributed by atoms with van der Waals surface area (Å²) in [5, 5.41) is 12.7. The Labute approximate surface area is 174 Å². The van der Waals surface area contributed by atoms with Crippen molar-refractivity contribution >= 4 is 17.2 Å². The number of benzene rings is 1. The van der Waals surface area contributed by atoms with Crippen LogP contribution in [-0.4, -0.2) is 59.1 Å². The number of fused-ring (bicyclic) bond motifs is 1. The zero-order valence-electron chi connectivity index (χ0n) is 16.9. The highest BCUT2D eigenvalue weighted by molar-refractivity contribution is 7.09. The number of nitrogens with zero attached hydrogens (tertiary/aromatic N) is 2. The molecular weight excluding hydrogens is 392 g/mol. The average Bonchev–Trinajstić information content (AvgIpc) is 3.35. The molecule has 2 aliphatic heterocycles. The lowest BCUT2D eigenvalue weighted by atomic mass is 9.88. The molecule has 0 bridgehead atoms. The van der Waals surface area contributed by atoms with Gasteiger partial charge in [0.25, 0.3) is 5.91 Å². The van der Waals surface area contributed by atoms with Crippen LogP contribution in [0.1, 0.15) is 41.2 Å². The largest absolute Gasteiger partial charge is 0.490 e. The Hall–Kier alpha value is -2.00. The Morgan fingerprint density at radius 3 is 3.00 bits per heavy atom. The summed E-state index contributed by atoms with van der Waals surface area (Å²) in [6.07, 6.45) is 2.21. The third-order valence-electron chi connectivity index (χ3n) is 5.33. The predicted molar refractivity (Wildman–Crippen MR) is 108 cm³/mol. The highest BCUT2D eigenvalue weighted by Crippen LogP contribution is 2.43. The monoisotopic (exact) mass is 418 g/mol. The van der Waals surface area contributed by atoms with Crippen LogP contribution in [0.15, 0.2) is 29.8 Å². The number of carbonyl (C=O) groups excluding carboxylic acids is 1. The van der Waals surface area contributed by atoms with Crippen LogP contribution in [0.5, 0.6) is 5.75 Å². The van der Waals surface area contributed by atoms with E-state index in [0.717, 1.165) is 10.6 Å². The minimum atomic E-state index is -0.915. The van der Waals surface area contributed by atoms with Gasteiger partial charge in [-0.25, -0.2) is 4.98 Å². The van der Waals surface area contributed by atoms with Crippen LogP contribution in [0.3, 0.4) is 0 Å². The molecule has 156 valence electrons. The summed E-state index contributed by atoms with van der Waals surface area (Å²) in [5.41, 5.74) is 0.00552. The van der Waals surface area contributed by atoms with Crippen LogP contribution < -0.4 is 4.74 Å². The standard InChI is InChI=1S/C21H26N2O5S/c1-14-10-15(4-5-16(14)26-12-20(2,3)25)18(24)23-8-6-21(19-22-7-9-29-19)17(11-23)27-13-28-21/h4-5,7,9-10,17,25H,6,8,11-13H2,1-3H3/t17?,21-/m1/s1. The van der Waals surface area contributed by atoms with Gasteiger partial charge >= 0.3 is 0 Å². The van der Waals surface area contributed by atoms with Crippen LogP contribution in [0.4, 0.5) is 0 Å². The van der Waals surface area contributed by atoms with Gasteiger partial charge < -0.3 is 24.2 Å². The second-order valence-corrected chi connectivity index (χ2v) is 9.12. The fourth-order valence-electron chi connectivity index (χ4n) is 3.78. The molecule has 0 spiro atoms. The molecule has 0 aliphatic carbocycles. The summed E-state index contributed by atoms with van der Waals surface area (Å²) < 4.78 is 17.5. The maximum absolute atomic E-state index is 13.1. The summed E-state index contributed by atoms with van der Waals surface area (Å²) >= 11 is 1.56. The number of aryl methyl sites for hydroxylation is 1. The van der Waals surface area contributed by atoms with E-state index in [2.05, 4.69) is 4.98 Å². The third kappa shape index (κ3) is 4.02. The lowest BCUT2D eigenvalue weighted by molar-refractivity contribution is -0.0440. The van der Waals surface area contributed by atoms with E-state index in [9.17, 15) is 9.90 Å². The Kier molecular flexibility index (Phi) is 5.37. The molecule has 2 saturated heterocycles. The Bertz CT molecular complexity index is 880. The van der Waals surface area contributed by atoms with Crippen molar-refractivity contribution in [2.24, 2.45) is 0 Å². The topological polar surface area (TPSA) is 81.1 Å². The molecule has 4 rings (SSSR count). The SMILES string of the molecule is Cc1cc(C(=O)N2CC[C@@]3(c4nccs4)OCOC3C2)ccc1OCC(C)(C)O. The lowest BCUT2D eigenvalue weighted by Gasteiger charge is -2.40. The van der Waals surface area contributed by atoms with Crippen molar-refractivity contribution in [1.82, 2.24) is 9.88 Å². The summed E-state index contributed by atoms with van der Waals surface area (Å²) in [6.45, 7) is 6.73. The second-order valence-electron chi connectivity index (χ2n) is 8.23. The second kappa shape index (κ2) is 7.68. The zero-order valence-corrected chi connectivity index (χ0v) is 17.7. The van der Waals surface area contributed by atoms with Gasteiger partial charge in [0.1, 0.15) is 30.3 Å². The van der Waals surface area contributed by atoms with Crippen LogP contribution >= 0.6 is 11.3 Å². The van der Waals surface area contributed by atoms with Gasteiger partial charge in [0.05, 0.1) is 12.1 Å². The van der Waals surface area contributed by atoms with E-state index in [0.29, 0.717) is 30.8 Å². The molecule has 2 aromatic rings. The molecule has 1 amide bonds. The lowest BCUT2D eigenvalue weighted by Crippen LogP contribution is -2.53. The molecule has 1 unspecified atom stereocenters. The van der Waals surface area contributed by atoms with Crippen molar-refractivity contribution in [3.05, 3.63) is 45.9 Å². The molecule has 29 heavy (non-hydrogen) atoms.